The van der Waals surface area contributed by atoms with E-state index in [0.29, 0.717) is 48.5 Å². The maximum absolute atomic E-state index is 12.6. The third-order valence-corrected chi connectivity index (χ3v) is 14.5. The lowest BCUT2D eigenvalue weighted by molar-refractivity contribution is -0.141. The van der Waals surface area contributed by atoms with Gasteiger partial charge in [0.2, 0.25) is 0 Å². The number of carbonyl (C=O) groups excluding carboxylic acids is 1. The number of aryl methyl sites for hydroxylation is 1. The van der Waals surface area contributed by atoms with Gasteiger partial charge in [-0.3, -0.25) is 4.79 Å². The quantitative estimate of drug-likeness (QED) is 0.0387. The van der Waals surface area contributed by atoms with Crippen LogP contribution >= 0.6 is 0 Å². The van der Waals surface area contributed by atoms with Crippen molar-refractivity contribution in [1.29, 1.82) is 0 Å². The summed E-state index contributed by atoms with van der Waals surface area (Å²) in [6, 6.07) is 24.1. The Bertz CT molecular complexity index is 2720. The van der Waals surface area contributed by atoms with Crippen LogP contribution in [0.4, 0.5) is 11.5 Å². The van der Waals surface area contributed by atoms with Crippen LogP contribution in [0.1, 0.15) is 122 Å². The van der Waals surface area contributed by atoms with Crippen molar-refractivity contribution >= 4 is 17.5 Å². The van der Waals surface area contributed by atoms with Gasteiger partial charge in [0.05, 0.1) is 13.0 Å². The Morgan fingerprint density at radius 2 is 1.84 bits per heavy atom. The minimum absolute atomic E-state index is 0.00830. The number of anilines is 2. The van der Waals surface area contributed by atoms with E-state index in [-0.39, 0.29) is 53.7 Å². The molecule has 2 aliphatic heterocycles. The van der Waals surface area contributed by atoms with E-state index in [9.17, 15) is 15.0 Å². The molecule has 1 aromatic heterocycles. The standard InChI is InChI=1S/C56H64N4O7/c1-6-59-46-12-8-7-10-35(46)14-15-40-37-20-22-56(30-37)31-38-26-39(62)28-50(64-5)52(38)43-17-16-42-45(32-66-34(4)61)54(67-55(42)53(43)56)44-29-49(65-25-24-58-23-21-33(2)3)48(63)27-36(44)11-9-13-47-41(40)18-19-51(57)60-47/h7-8,10,12,16-19,26-29,33,37,40,45,54,58-59,62-63H,6,11,14-15,20-25,30-32H2,1-5H3,(H2,57,60). The topological polar surface area (TPSA) is 157 Å². The van der Waals surface area contributed by atoms with E-state index in [1.165, 1.54) is 12.5 Å². The molecule has 5 aromatic rings. The van der Waals surface area contributed by atoms with E-state index in [1.807, 2.05) is 18.2 Å². The fourth-order valence-electron chi connectivity index (χ4n) is 11.5. The van der Waals surface area contributed by atoms with E-state index in [0.717, 1.165) is 108 Å². The number of fused-ring (bicyclic) bond motifs is 7. The van der Waals surface area contributed by atoms with Crippen molar-refractivity contribution in [1.82, 2.24) is 10.3 Å². The second kappa shape index (κ2) is 19.5. The van der Waals surface area contributed by atoms with E-state index in [1.54, 1.807) is 19.2 Å². The number of para-hydroxylation sites is 1. The number of nitrogens with one attached hydrogen (secondary N) is 2. The fourth-order valence-corrected chi connectivity index (χ4v) is 11.5. The number of ether oxygens (including phenoxy) is 4. The summed E-state index contributed by atoms with van der Waals surface area (Å²) in [4.78, 5) is 17.5. The number of phenols is 2. The molecule has 4 aliphatic rings. The third kappa shape index (κ3) is 9.21. The molecule has 11 nitrogen and oxygen atoms in total. The minimum Gasteiger partial charge on any atom is -0.508 e. The van der Waals surface area contributed by atoms with Gasteiger partial charge >= 0.3 is 5.97 Å². The zero-order chi connectivity index (χ0) is 46.8. The molecule has 5 atom stereocenters. The highest BCUT2D eigenvalue weighted by atomic mass is 16.5. The molecular formula is C56H64N4O7. The van der Waals surface area contributed by atoms with Gasteiger partial charge in [-0.1, -0.05) is 56.2 Å². The average Bonchev–Trinajstić information content (AvgIpc) is 3.89. The van der Waals surface area contributed by atoms with Gasteiger partial charge in [-0.25, -0.2) is 4.98 Å². The van der Waals surface area contributed by atoms with Crippen molar-refractivity contribution in [2.24, 2.45) is 11.8 Å². The highest BCUT2D eigenvalue weighted by molar-refractivity contribution is 5.84. The van der Waals surface area contributed by atoms with Crippen molar-refractivity contribution in [3.05, 3.63) is 117 Å². The van der Waals surface area contributed by atoms with Crippen LogP contribution in [0.5, 0.6) is 28.7 Å². The van der Waals surface area contributed by atoms with E-state index in [4.69, 9.17) is 29.7 Å². The molecular weight excluding hydrogens is 841 g/mol. The van der Waals surface area contributed by atoms with Gasteiger partial charge in [-0.2, -0.15) is 0 Å². The number of carbonyl (C=O) groups is 1. The lowest BCUT2D eigenvalue weighted by Gasteiger charge is -2.39. The number of esters is 1. The molecule has 0 amide bonds. The normalized spacial score (nSPS) is 20.8. The van der Waals surface area contributed by atoms with Crippen molar-refractivity contribution in [2.45, 2.75) is 102 Å². The van der Waals surface area contributed by atoms with Crippen LogP contribution in [0.2, 0.25) is 0 Å². The number of hydrogen-bond donors (Lipinski definition) is 5. The summed E-state index contributed by atoms with van der Waals surface area (Å²) in [5, 5.41) is 29.7. The van der Waals surface area contributed by atoms with E-state index in [2.05, 4.69) is 85.7 Å². The van der Waals surface area contributed by atoms with Crippen LogP contribution in [-0.2, 0) is 34.2 Å². The Kier molecular flexibility index (Phi) is 13.3. The molecule has 1 fully saturated rings. The van der Waals surface area contributed by atoms with Crippen molar-refractivity contribution in [2.75, 3.05) is 51.0 Å². The van der Waals surface area contributed by atoms with Crippen LogP contribution in [0, 0.1) is 23.7 Å². The predicted molar refractivity (Wildman–Crippen MR) is 262 cm³/mol. The van der Waals surface area contributed by atoms with E-state index < -0.39 is 6.10 Å². The number of hydrogen-bond acceptors (Lipinski definition) is 11. The SMILES string of the molecule is CCNc1ccccc1CCC1c2ccc(N)nc2C#CCc2cc(O)c(OCCNCCC(C)C)cc2C2Oc3c(ccc4c3C3(CCC1C3)Cc1cc(O)cc(OC)c1-4)C2COC(C)=O. The molecule has 11 heteroatoms. The molecule has 9 rings (SSSR count). The maximum Gasteiger partial charge on any atom is 0.302 e. The molecule has 0 saturated heterocycles. The summed E-state index contributed by atoms with van der Waals surface area (Å²) in [6.07, 6.45) is 5.77. The molecule has 1 saturated carbocycles. The largest absolute Gasteiger partial charge is 0.508 e. The van der Waals surface area contributed by atoms with Gasteiger partial charge in [-0.15, -0.1) is 0 Å². The second-order valence-corrected chi connectivity index (χ2v) is 19.3. The van der Waals surface area contributed by atoms with Crippen LogP contribution < -0.4 is 30.6 Å². The van der Waals surface area contributed by atoms with Crippen LogP contribution in [0.25, 0.3) is 11.1 Å². The van der Waals surface area contributed by atoms with Gasteiger partial charge in [-0.05, 0) is 140 Å². The summed E-state index contributed by atoms with van der Waals surface area (Å²) in [5.74, 6) is 9.39. The lowest BCUT2D eigenvalue weighted by atomic mass is 9.64. The zero-order valence-electron chi connectivity index (χ0n) is 39.5. The van der Waals surface area contributed by atoms with Crippen LogP contribution in [-0.4, -0.2) is 61.1 Å². The van der Waals surface area contributed by atoms with Crippen LogP contribution in [0.3, 0.4) is 0 Å². The number of nitrogen functional groups attached to an aromatic ring is 1. The molecule has 2 aliphatic carbocycles. The maximum atomic E-state index is 12.6. The Balaban J connectivity index is 1.23. The third-order valence-electron chi connectivity index (χ3n) is 14.5. The number of aromatic nitrogens is 1. The smallest absolute Gasteiger partial charge is 0.302 e. The number of phenolic OH excluding ortho intramolecular Hbond substituents is 2. The number of nitrogens with zero attached hydrogens (tertiary/aromatic N) is 1. The van der Waals surface area contributed by atoms with Gasteiger partial charge in [0.15, 0.2) is 11.5 Å². The number of benzene rings is 4. The Morgan fingerprint density at radius 3 is 2.64 bits per heavy atom. The first-order chi connectivity index (χ1) is 32.5. The number of pyridine rings is 1. The van der Waals surface area contributed by atoms with Gasteiger partial charge in [0.1, 0.15) is 48.1 Å². The molecule has 350 valence electrons. The number of methoxy groups -OCH3 is 1. The molecule has 5 unspecified atom stereocenters. The molecule has 4 aromatic carbocycles. The van der Waals surface area contributed by atoms with Crippen molar-refractivity contribution in [3.63, 3.8) is 0 Å². The van der Waals surface area contributed by atoms with E-state index >= 15 is 0 Å². The predicted octanol–water partition coefficient (Wildman–Crippen LogP) is 9.90. The van der Waals surface area contributed by atoms with Crippen molar-refractivity contribution in [3.8, 4) is 51.7 Å². The lowest BCUT2D eigenvalue weighted by Crippen LogP contribution is -2.31. The summed E-state index contributed by atoms with van der Waals surface area (Å²) < 4.78 is 25.7. The number of nitrogens with two attached hydrogens (primary N) is 1. The second-order valence-electron chi connectivity index (χ2n) is 19.3. The van der Waals surface area contributed by atoms with Gasteiger partial charge in [0.25, 0.3) is 0 Å². The van der Waals surface area contributed by atoms with Gasteiger partial charge < -0.3 is 45.5 Å². The summed E-state index contributed by atoms with van der Waals surface area (Å²) in [7, 11) is 1.65. The molecule has 3 heterocycles. The molecule has 4 bridgehead atoms. The first-order valence-electron chi connectivity index (χ1n) is 24.1. The average molecular weight is 905 g/mol. The monoisotopic (exact) mass is 904 g/mol. The first kappa shape index (κ1) is 45.8. The Morgan fingerprint density at radius 1 is 1.00 bits per heavy atom. The summed E-state index contributed by atoms with van der Waals surface area (Å²) in [6.45, 7) is 10.7. The highest BCUT2D eigenvalue weighted by Crippen LogP contribution is 2.63. The number of rotatable bonds is 15. The van der Waals surface area contributed by atoms with Gasteiger partial charge in [0, 0.05) is 65.9 Å². The number of aromatic hydroxyl groups is 2. The summed E-state index contributed by atoms with van der Waals surface area (Å²) in [5.41, 5.74) is 16.9. The Labute approximate surface area is 394 Å². The Hall–Kier alpha value is -6.38. The molecule has 1 spiro atoms. The molecule has 0 radical (unpaired) electrons. The minimum atomic E-state index is -0.613. The highest BCUT2D eigenvalue weighted by Gasteiger charge is 2.52. The summed E-state index contributed by atoms with van der Waals surface area (Å²) >= 11 is 0. The van der Waals surface area contributed by atoms with Crippen molar-refractivity contribution < 1.29 is 34.0 Å². The molecule has 6 N–H and O–H groups in total. The van der Waals surface area contributed by atoms with Crippen LogP contribution in [0.15, 0.2) is 72.8 Å². The first-order valence-corrected chi connectivity index (χ1v) is 24.1. The molecule has 67 heavy (non-hydrogen) atoms. The fraction of sp³-hybridized carbons (Fsp3) is 0.429. The zero-order valence-corrected chi connectivity index (χ0v) is 39.5.